The lowest BCUT2D eigenvalue weighted by molar-refractivity contribution is 0.414. The Labute approximate surface area is 86.5 Å². The summed E-state index contributed by atoms with van der Waals surface area (Å²) in [4.78, 5) is 0. The zero-order valence-corrected chi connectivity index (χ0v) is 9.47. The molecule has 74 valence electrons. The molecule has 0 spiro atoms. The largest absolute Gasteiger partial charge is 0.497 e. The fourth-order valence-electron chi connectivity index (χ4n) is 0.921. The van der Waals surface area contributed by atoms with Gasteiger partial charge >= 0.3 is 0 Å². The van der Waals surface area contributed by atoms with E-state index in [-0.39, 0.29) is 0 Å². The van der Waals surface area contributed by atoms with Gasteiger partial charge in [0.1, 0.15) is 5.75 Å². The van der Waals surface area contributed by atoms with Crippen LogP contribution in [0.4, 0.5) is 0 Å². The van der Waals surface area contributed by atoms with Crippen LogP contribution in [0.3, 0.4) is 0 Å². The summed E-state index contributed by atoms with van der Waals surface area (Å²) in [6, 6.07) is 8.07. The Bertz CT molecular complexity index is 206. The molecule has 1 aromatic rings. The molecule has 0 radical (unpaired) electrons. The van der Waals surface area contributed by atoms with E-state index in [1.54, 1.807) is 7.11 Å². The van der Waals surface area contributed by atoms with E-state index in [0.29, 0.717) is 0 Å². The van der Waals surface area contributed by atoms with E-state index in [1.165, 1.54) is 5.56 Å². The average Bonchev–Trinajstić information content (AvgIpc) is 2.23. The van der Waals surface area contributed by atoms with Gasteiger partial charge in [0.25, 0.3) is 0 Å². The summed E-state index contributed by atoms with van der Waals surface area (Å²) in [5.74, 6) is 1.81. The maximum atomic E-state index is 5.03. The number of hydrogen-bond acceptors (Lipinski definition) is 2. The summed E-state index contributed by atoms with van der Waals surface area (Å²) in [7, 11) is 1.67. The number of methoxy groups -OCH3 is 1. The molecule has 1 rings (SSSR count). The van der Waals surface area contributed by atoms with Crippen LogP contribution in [-0.4, -0.2) is 12.9 Å². The molecular weight excluding hydrogens is 180 g/mol. The standard InChI is InChI=1S/C9H12OS.C2H6/c1-10-9-4-2-8(3-5-9)6-7-11;1-2/h2-5,11H,6-7H2,1H3;1-2H3. The molecular formula is C11H18OS. The third kappa shape index (κ3) is 4.83. The highest BCUT2D eigenvalue weighted by atomic mass is 32.1. The van der Waals surface area contributed by atoms with Crippen molar-refractivity contribution >= 4 is 12.6 Å². The number of rotatable bonds is 3. The predicted octanol–water partition coefficient (Wildman–Crippen LogP) is 3.19. The lowest BCUT2D eigenvalue weighted by Gasteiger charge is -2.00. The molecule has 0 heterocycles. The fraction of sp³-hybridized carbons (Fsp3) is 0.455. The van der Waals surface area contributed by atoms with Crippen LogP contribution in [0.1, 0.15) is 19.4 Å². The highest BCUT2D eigenvalue weighted by Gasteiger charge is 1.91. The minimum atomic E-state index is 0.895. The second-order valence-electron chi connectivity index (χ2n) is 2.32. The van der Waals surface area contributed by atoms with Crippen molar-refractivity contribution in [1.29, 1.82) is 0 Å². The van der Waals surface area contributed by atoms with Crippen molar-refractivity contribution in [3.8, 4) is 5.75 Å². The fourth-order valence-corrected chi connectivity index (χ4v) is 1.18. The Hall–Kier alpha value is -0.630. The maximum Gasteiger partial charge on any atom is 0.118 e. The van der Waals surface area contributed by atoms with Crippen LogP contribution >= 0.6 is 12.6 Å². The molecule has 0 aromatic heterocycles. The molecule has 0 N–H and O–H groups in total. The van der Waals surface area contributed by atoms with Gasteiger partial charge in [0.05, 0.1) is 7.11 Å². The van der Waals surface area contributed by atoms with Gasteiger partial charge in [0.2, 0.25) is 0 Å². The molecule has 0 aliphatic heterocycles. The van der Waals surface area contributed by atoms with Crippen molar-refractivity contribution in [3.63, 3.8) is 0 Å². The summed E-state index contributed by atoms with van der Waals surface area (Å²) in [5.41, 5.74) is 1.31. The van der Waals surface area contributed by atoms with Crippen LogP contribution in [0, 0.1) is 0 Å². The van der Waals surface area contributed by atoms with Gasteiger partial charge < -0.3 is 4.74 Å². The van der Waals surface area contributed by atoms with Crippen LogP contribution < -0.4 is 4.74 Å². The highest BCUT2D eigenvalue weighted by Crippen LogP contribution is 2.11. The number of thiol groups is 1. The topological polar surface area (TPSA) is 9.23 Å². The average molecular weight is 198 g/mol. The molecule has 0 saturated carbocycles. The molecule has 1 aromatic carbocycles. The summed E-state index contributed by atoms with van der Waals surface area (Å²) in [6.45, 7) is 4.00. The van der Waals surface area contributed by atoms with Crippen LogP contribution in [0.15, 0.2) is 24.3 Å². The first-order valence-electron chi connectivity index (χ1n) is 4.60. The van der Waals surface area contributed by atoms with Gasteiger partial charge in [-0.2, -0.15) is 12.6 Å². The van der Waals surface area contributed by atoms with E-state index in [1.807, 2.05) is 26.0 Å². The first kappa shape index (κ1) is 12.4. The number of aryl methyl sites for hydroxylation is 1. The summed E-state index contributed by atoms with van der Waals surface area (Å²) in [5, 5.41) is 0. The van der Waals surface area contributed by atoms with Crippen molar-refractivity contribution in [2.45, 2.75) is 20.3 Å². The van der Waals surface area contributed by atoms with E-state index in [4.69, 9.17) is 4.74 Å². The van der Waals surface area contributed by atoms with Crippen molar-refractivity contribution < 1.29 is 4.74 Å². The van der Waals surface area contributed by atoms with Crippen LogP contribution in [0.25, 0.3) is 0 Å². The minimum Gasteiger partial charge on any atom is -0.497 e. The smallest absolute Gasteiger partial charge is 0.118 e. The number of benzene rings is 1. The highest BCUT2D eigenvalue weighted by molar-refractivity contribution is 7.80. The van der Waals surface area contributed by atoms with E-state index < -0.39 is 0 Å². The zero-order valence-electron chi connectivity index (χ0n) is 8.58. The Morgan fingerprint density at radius 1 is 1.15 bits per heavy atom. The molecule has 1 nitrogen and oxygen atoms in total. The molecule has 0 atom stereocenters. The molecule has 0 saturated heterocycles. The third-order valence-electron chi connectivity index (χ3n) is 1.56. The summed E-state index contributed by atoms with van der Waals surface area (Å²) >= 11 is 4.15. The molecule has 0 unspecified atom stereocenters. The Morgan fingerprint density at radius 2 is 1.69 bits per heavy atom. The second kappa shape index (κ2) is 7.99. The number of ether oxygens (including phenoxy) is 1. The lowest BCUT2D eigenvalue weighted by atomic mass is 10.2. The minimum absolute atomic E-state index is 0.895. The van der Waals surface area contributed by atoms with Gasteiger partial charge in [-0.1, -0.05) is 26.0 Å². The SMILES string of the molecule is CC.COc1ccc(CCS)cc1. The van der Waals surface area contributed by atoms with Gasteiger partial charge in [-0.3, -0.25) is 0 Å². The van der Waals surface area contributed by atoms with Crippen molar-refractivity contribution in [2.75, 3.05) is 12.9 Å². The van der Waals surface area contributed by atoms with Crippen molar-refractivity contribution in [1.82, 2.24) is 0 Å². The van der Waals surface area contributed by atoms with Crippen molar-refractivity contribution in [3.05, 3.63) is 29.8 Å². The lowest BCUT2D eigenvalue weighted by Crippen LogP contribution is -1.86. The normalized spacial score (nSPS) is 8.62. The van der Waals surface area contributed by atoms with Gasteiger partial charge in [0.15, 0.2) is 0 Å². The first-order chi connectivity index (χ1) is 6.36. The molecule has 13 heavy (non-hydrogen) atoms. The van der Waals surface area contributed by atoms with Crippen LogP contribution in [-0.2, 0) is 6.42 Å². The molecule has 0 fully saturated rings. The second-order valence-corrected chi connectivity index (χ2v) is 2.77. The molecule has 0 aliphatic rings. The van der Waals surface area contributed by atoms with Gasteiger partial charge in [0, 0.05) is 0 Å². The van der Waals surface area contributed by atoms with E-state index in [2.05, 4.69) is 24.8 Å². The van der Waals surface area contributed by atoms with E-state index in [0.717, 1.165) is 17.9 Å². The van der Waals surface area contributed by atoms with E-state index >= 15 is 0 Å². The Kier molecular flexibility index (Phi) is 7.60. The zero-order chi connectivity index (χ0) is 10.1. The summed E-state index contributed by atoms with van der Waals surface area (Å²) in [6.07, 6.45) is 1.02. The van der Waals surface area contributed by atoms with Crippen molar-refractivity contribution in [2.24, 2.45) is 0 Å². The van der Waals surface area contributed by atoms with Gasteiger partial charge in [-0.25, -0.2) is 0 Å². The Balaban J connectivity index is 0.000000671. The van der Waals surface area contributed by atoms with E-state index in [9.17, 15) is 0 Å². The third-order valence-corrected chi connectivity index (χ3v) is 1.78. The van der Waals surface area contributed by atoms with Crippen LogP contribution in [0.2, 0.25) is 0 Å². The van der Waals surface area contributed by atoms with Gasteiger partial charge in [-0.05, 0) is 29.9 Å². The number of hydrogen-bond donors (Lipinski definition) is 1. The quantitative estimate of drug-likeness (QED) is 0.734. The molecule has 0 aliphatic carbocycles. The van der Waals surface area contributed by atoms with Gasteiger partial charge in [-0.15, -0.1) is 0 Å². The maximum absolute atomic E-state index is 5.03. The van der Waals surface area contributed by atoms with Crippen LogP contribution in [0.5, 0.6) is 5.75 Å². The molecule has 0 amide bonds. The monoisotopic (exact) mass is 198 g/mol. The first-order valence-corrected chi connectivity index (χ1v) is 5.24. The molecule has 0 bridgehead atoms. The predicted molar refractivity (Wildman–Crippen MR) is 61.9 cm³/mol. The Morgan fingerprint density at radius 3 is 2.08 bits per heavy atom. The summed E-state index contributed by atoms with van der Waals surface area (Å²) < 4.78 is 5.03. The molecule has 2 heteroatoms.